The first kappa shape index (κ1) is 23.9. The van der Waals surface area contributed by atoms with E-state index in [9.17, 15) is 9.59 Å². The monoisotopic (exact) mass is 499 g/mol. The van der Waals surface area contributed by atoms with Gasteiger partial charge in [0.2, 0.25) is 0 Å². The number of aromatic nitrogens is 2. The molecule has 4 aromatic rings. The van der Waals surface area contributed by atoms with Crippen LogP contribution in [0.25, 0.3) is 22.3 Å². The fraction of sp³-hybridized carbons (Fsp3) is 0.241. The summed E-state index contributed by atoms with van der Waals surface area (Å²) < 4.78 is 0. The highest BCUT2D eigenvalue weighted by molar-refractivity contribution is 6.30. The quantitative estimate of drug-likeness (QED) is 0.286. The maximum Gasteiger partial charge on any atom is 0.303 e. The first-order chi connectivity index (χ1) is 17.5. The molecule has 1 amide bonds. The zero-order valence-corrected chi connectivity index (χ0v) is 20.5. The SMILES string of the molecule is O=C(O)CCCCc1nc2cc(C(=O)N3CCC3c3ccccc3)ccc2nc1-c1ccc(Cl)cc1. The van der Waals surface area contributed by atoms with Crippen LogP contribution < -0.4 is 0 Å². The van der Waals surface area contributed by atoms with Crippen LogP contribution in [0.3, 0.4) is 0 Å². The number of amides is 1. The van der Waals surface area contributed by atoms with Crippen molar-refractivity contribution in [1.82, 2.24) is 14.9 Å². The summed E-state index contributed by atoms with van der Waals surface area (Å²) in [6, 6.07) is 23.1. The Morgan fingerprint density at radius 3 is 2.42 bits per heavy atom. The van der Waals surface area contributed by atoms with Crippen LogP contribution in [0, 0.1) is 0 Å². The molecule has 1 aliphatic rings. The number of likely N-dealkylation sites (tertiary alicyclic amines) is 1. The van der Waals surface area contributed by atoms with Crippen LogP contribution in [0.4, 0.5) is 0 Å². The lowest BCUT2D eigenvalue weighted by molar-refractivity contribution is -0.137. The average Bonchev–Trinajstić information content (AvgIpc) is 2.86. The largest absolute Gasteiger partial charge is 0.481 e. The Kier molecular flexibility index (Phi) is 6.96. The number of carboxylic acid groups (broad SMARTS) is 1. The van der Waals surface area contributed by atoms with Gasteiger partial charge in [-0.3, -0.25) is 9.59 Å². The van der Waals surface area contributed by atoms with Crippen LogP contribution in [0.5, 0.6) is 0 Å². The van der Waals surface area contributed by atoms with Gasteiger partial charge in [-0.25, -0.2) is 9.97 Å². The second kappa shape index (κ2) is 10.5. The minimum absolute atomic E-state index is 0.0106. The van der Waals surface area contributed by atoms with Crippen molar-refractivity contribution in [1.29, 1.82) is 0 Å². The van der Waals surface area contributed by atoms with Gasteiger partial charge in [0.25, 0.3) is 5.91 Å². The van der Waals surface area contributed by atoms with E-state index in [1.807, 2.05) is 65.6 Å². The van der Waals surface area contributed by atoms with Gasteiger partial charge >= 0.3 is 5.97 Å². The van der Waals surface area contributed by atoms with E-state index in [0.29, 0.717) is 40.9 Å². The standard InChI is InChI=1S/C29H26ClN3O3/c30-22-13-10-20(11-14-22)28-24(8-4-5-9-27(34)35)31-25-18-21(12-15-23(25)32-28)29(36)33-17-16-26(33)19-6-2-1-3-7-19/h1-3,6-7,10-15,18,26H,4-5,8-9,16-17H2,(H,34,35). The lowest BCUT2D eigenvalue weighted by atomic mass is 9.93. The van der Waals surface area contributed by atoms with E-state index < -0.39 is 5.97 Å². The number of benzene rings is 3. The lowest BCUT2D eigenvalue weighted by Crippen LogP contribution is -2.45. The third-order valence-corrected chi connectivity index (χ3v) is 6.87. The topological polar surface area (TPSA) is 83.4 Å². The van der Waals surface area contributed by atoms with Gasteiger partial charge in [-0.2, -0.15) is 0 Å². The van der Waals surface area contributed by atoms with E-state index >= 15 is 0 Å². The third kappa shape index (κ3) is 5.09. The van der Waals surface area contributed by atoms with Gasteiger partial charge in [0.05, 0.1) is 28.5 Å². The molecule has 182 valence electrons. The molecule has 1 saturated heterocycles. The predicted molar refractivity (Wildman–Crippen MR) is 140 cm³/mol. The Morgan fingerprint density at radius 1 is 0.944 bits per heavy atom. The summed E-state index contributed by atoms with van der Waals surface area (Å²) >= 11 is 6.08. The fourth-order valence-corrected chi connectivity index (χ4v) is 4.75. The number of nitrogens with zero attached hydrogens (tertiary/aromatic N) is 3. The van der Waals surface area contributed by atoms with Crippen molar-refractivity contribution in [3.63, 3.8) is 0 Å². The molecule has 1 fully saturated rings. The van der Waals surface area contributed by atoms with Crippen LogP contribution in [-0.4, -0.2) is 38.4 Å². The molecule has 7 heteroatoms. The second-order valence-electron chi connectivity index (χ2n) is 9.04. The molecule has 36 heavy (non-hydrogen) atoms. The summed E-state index contributed by atoms with van der Waals surface area (Å²) in [4.78, 5) is 36.0. The molecule has 1 N–H and O–H groups in total. The zero-order chi connectivity index (χ0) is 25.1. The third-order valence-electron chi connectivity index (χ3n) is 6.62. The zero-order valence-electron chi connectivity index (χ0n) is 19.7. The van der Waals surface area contributed by atoms with Gasteiger partial charge in [0.15, 0.2) is 0 Å². The minimum atomic E-state index is -0.805. The van der Waals surface area contributed by atoms with Gasteiger partial charge in [0, 0.05) is 29.1 Å². The molecule has 3 aromatic carbocycles. The Bertz CT molecular complexity index is 1410. The fourth-order valence-electron chi connectivity index (χ4n) is 4.62. The number of unbranched alkanes of at least 4 members (excludes halogenated alkanes) is 1. The highest BCUT2D eigenvalue weighted by Crippen LogP contribution is 2.35. The molecular weight excluding hydrogens is 474 g/mol. The Labute approximate surface area is 214 Å². The first-order valence-corrected chi connectivity index (χ1v) is 12.5. The van der Waals surface area contributed by atoms with Crippen molar-refractivity contribution in [3.8, 4) is 11.3 Å². The Morgan fingerprint density at radius 2 is 1.72 bits per heavy atom. The summed E-state index contributed by atoms with van der Waals surface area (Å²) in [5.74, 6) is -0.816. The highest BCUT2D eigenvalue weighted by Gasteiger charge is 2.33. The molecule has 1 aliphatic heterocycles. The van der Waals surface area contributed by atoms with Crippen molar-refractivity contribution in [2.24, 2.45) is 0 Å². The molecule has 1 unspecified atom stereocenters. The number of carbonyl (C=O) groups excluding carboxylic acids is 1. The number of hydrogen-bond acceptors (Lipinski definition) is 4. The molecule has 0 aliphatic carbocycles. The molecular formula is C29H26ClN3O3. The van der Waals surface area contributed by atoms with Gasteiger partial charge in [-0.15, -0.1) is 0 Å². The van der Waals surface area contributed by atoms with E-state index in [1.165, 1.54) is 0 Å². The molecule has 6 nitrogen and oxygen atoms in total. The molecule has 1 atom stereocenters. The van der Waals surface area contributed by atoms with Crippen molar-refractivity contribution in [3.05, 3.63) is 94.6 Å². The number of aryl methyl sites for hydroxylation is 1. The molecule has 5 rings (SSSR count). The second-order valence-corrected chi connectivity index (χ2v) is 9.48. The number of hydrogen-bond donors (Lipinski definition) is 1. The molecule has 0 bridgehead atoms. The summed E-state index contributed by atoms with van der Waals surface area (Å²) in [7, 11) is 0. The summed E-state index contributed by atoms with van der Waals surface area (Å²) in [6.07, 6.45) is 2.90. The van der Waals surface area contributed by atoms with Crippen molar-refractivity contribution >= 4 is 34.5 Å². The maximum absolute atomic E-state index is 13.3. The van der Waals surface area contributed by atoms with E-state index in [0.717, 1.165) is 35.5 Å². The molecule has 2 heterocycles. The van der Waals surface area contributed by atoms with Crippen LogP contribution >= 0.6 is 11.6 Å². The number of aliphatic carboxylic acids is 1. The first-order valence-electron chi connectivity index (χ1n) is 12.1. The molecule has 0 radical (unpaired) electrons. The van der Waals surface area contributed by atoms with E-state index in [4.69, 9.17) is 26.7 Å². The Hall–Kier alpha value is -3.77. The van der Waals surface area contributed by atoms with Crippen molar-refractivity contribution in [2.75, 3.05) is 6.54 Å². The molecule has 0 spiro atoms. The normalized spacial score (nSPS) is 15.0. The highest BCUT2D eigenvalue weighted by atomic mass is 35.5. The summed E-state index contributed by atoms with van der Waals surface area (Å²) in [5.41, 5.74) is 5.53. The number of carboxylic acids is 1. The van der Waals surface area contributed by atoms with Gasteiger partial charge in [0.1, 0.15) is 0 Å². The van der Waals surface area contributed by atoms with Gasteiger partial charge in [-0.05, 0) is 61.6 Å². The number of fused-ring (bicyclic) bond motifs is 1. The maximum atomic E-state index is 13.3. The van der Waals surface area contributed by atoms with Crippen LogP contribution in [0.15, 0.2) is 72.8 Å². The number of rotatable bonds is 8. The predicted octanol–water partition coefficient (Wildman–Crippen LogP) is 6.33. The lowest BCUT2D eigenvalue weighted by Gasteiger charge is -2.41. The molecule has 0 saturated carbocycles. The van der Waals surface area contributed by atoms with E-state index in [-0.39, 0.29) is 18.4 Å². The van der Waals surface area contributed by atoms with Crippen molar-refractivity contribution < 1.29 is 14.7 Å². The summed E-state index contributed by atoms with van der Waals surface area (Å²) in [5, 5.41) is 9.62. The van der Waals surface area contributed by atoms with Gasteiger partial charge < -0.3 is 10.0 Å². The van der Waals surface area contributed by atoms with Crippen molar-refractivity contribution in [2.45, 2.75) is 38.1 Å². The van der Waals surface area contributed by atoms with E-state index in [2.05, 4.69) is 12.1 Å². The number of carbonyl (C=O) groups is 2. The minimum Gasteiger partial charge on any atom is -0.481 e. The average molecular weight is 500 g/mol. The van der Waals surface area contributed by atoms with Crippen LogP contribution in [-0.2, 0) is 11.2 Å². The number of halogens is 1. The van der Waals surface area contributed by atoms with Crippen LogP contribution in [0.1, 0.15) is 53.3 Å². The van der Waals surface area contributed by atoms with Gasteiger partial charge in [-0.1, -0.05) is 54.1 Å². The smallest absolute Gasteiger partial charge is 0.303 e. The summed E-state index contributed by atoms with van der Waals surface area (Å²) in [6.45, 7) is 0.729. The molecule has 1 aromatic heterocycles. The van der Waals surface area contributed by atoms with Crippen LogP contribution in [0.2, 0.25) is 5.02 Å². The Balaban J connectivity index is 1.45. The van der Waals surface area contributed by atoms with E-state index in [1.54, 1.807) is 0 Å².